The van der Waals surface area contributed by atoms with Gasteiger partial charge in [0.25, 0.3) is 5.91 Å². The molecule has 1 aliphatic heterocycles. The normalized spacial score (nSPS) is 17.1. The Morgan fingerprint density at radius 2 is 1.70 bits per heavy atom. The molecule has 50 heavy (non-hydrogen) atoms. The Kier molecular flexibility index (Phi) is 10.5. The summed E-state index contributed by atoms with van der Waals surface area (Å²) < 4.78 is 58.7. The summed E-state index contributed by atoms with van der Waals surface area (Å²) in [6, 6.07) is 22.1. The van der Waals surface area contributed by atoms with Crippen molar-refractivity contribution < 1.29 is 31.9 Å². The summed E-state index contributed by atoms with van der Waals surface area (Å²) in [6.07, 6.45) is -1.60. The Hall–Kier alpha value is -5.18. The van der Waals surface area contributed by atoms with Crippen LogP contribution in [0.4, 0.5) is 23.2 Å². The average Bonchev–Trinajstić information content (AvgIpc) is 3.55. The molecule has 3 atom stereocenters. The summed E-state index contributed by atoms with van der Waals surface area (Å²) in [7, 11) is 0. The maximum absolute atomic E-state index is 15.1. The molecular weight excluding hydrogens is 654 g/mol. The molecule has 2 amide bonds. The van der Waals surface area contributed by atoms with Gasteiger partial charge in [0.15, 0.2) is 0 Å². The summed E-state index contributed by atoms with van der Waals surface area (Å²) in [6.45, 7) is -0.773. The Balaban J connectivity index is 1.07. The molecule has 14 heteroatoms. The molecule has 0 unspecified atom stereocenters. The lowest BCUT2D eigenvalue weighted by molar-refractivity contribution is -0.123. The molecule has 2 aromatic heterocycles. The van der Waals surface area contributed by atoms with Crippen LogP contribution in [0.5, 0.6) is 0 Å². The zero-order valence-corrected chi connectivity index (χ0v) is 26.7. The van der Waals surface area contributed by atoms with E-state index in [1.165, 1.54) is 18.3 Å². The Bertz CT molecular complexity index is 1890. The molecule has 0 saturated carbocycles. The first-order valence-electron chi connectivity index (χ1n) is 16.0. The molecule has 5 aromatic rings. The Morgan fingerprint density at radius 3 is 2.34 bits per heavy atom. The highest BCUT2D eigenvalue weighted by Crippen LogP contribution is 2.29. The van der Waals surface area contributed by atoms with Gasteiger partial charge in [-0.1, -0.05) is 60.7 Å². The third-order valence-electron chi connectivity index (χ3n) is 8.59. The standard InChI is InChI=1S/C36H35F4N7O3/c37-26-17-42-18-29(47-35(49)32(41)31(21-7-3-1-4-8-21)22-9-5-2-6-10-22)25(26)13-12-24-16-43-30(19-50-24)33-45-27-14-11-23(15-28(27)46-33)34(48)44-20-36(38,39)40/h1-11,14-15,17-18,24,30-32,43H,12-13,16,19-20,41H2,(H,44,48)(H,45,46)(H,47,49)/t24-,30+,32+/m1/s1. The van der Waals surface area contributed by atoms with E-state index in [0.29, 0.717) is 29.8 Å². The van der Waals surface area contributed by atoms with Crippen molar-refractivity contribution in [3.05, 3.63) is 125 Å². The number of benzene rings is 3. The highest BCUT2D eigenvalue weighted by atomic mass is 19.4. The lowest BCUT2D eigenvalue weighted by Crippen LogP contribution is -2.42. The largest absolute Gasteiger partial charge is 0.405 e. The van der Waals surface area contributed by atoms with Gasteiger partial charge < -0.3 is 31.4 Å². The van der Waals surface area contributed by atoms with Crippen molar-refractivity contribution in [1.82, 2.24) is 25.6 Å². The summed E-state index contributed by atoms with van der Waals surface area (Å²) in [5, 5.41) is 8.03. The number of imidazole rings is 1. The third-order valence-corrected chi connectivity index (χ3v) is 8.59. The summed E-state index contributed by atoms with van der Waals surface area (Å²) >= 11 is 0. The summed E-state index contributed by atoms with van der Waals surface area (Å²) in [4.78, 5) is 37.3. The molecular formula is C36H35F4N7O3. The average molecular weight is 690 g/mol. The third kappa shape index (κ3) is 8.33. The number of alkyl halides is 3. The van der Waals surface area contributed by atoms with Gasteiger partial charge in [0.1, 0.15) is 18.2 Å². The minimum absolute atomic E-state index is 0.0563. The van der Waals surface area contributed by atoms with Crippen LogP contribution in [0, 0.1) is 5.82 Å². The number of rotatable bonds is 11. The SMILES string of the molecule is N[C@H](C(=O)Nc1cncc(F)c1CC[C@@H]1CN[C@H](c2nc3cc(C(=O)NCC(F)(F)F)ccc3[nH]2)CO1)C(c1ccccc1)c1ccccc1. The quantitative estimate of drug-likeness (QED) is 0.121. The number of aromatic nitrogens is 3. The number of pyridine rings is 1. The number of nitrogens with zero attached hydrogens (tertiary/aromatic N) is 2. The van der Waals surface area contributed by atoms with Crippen molar-refractivity contribution in [3.63, 3.8) is 0 Å². The number of aromatic amines is 1. The maximum Gasteiger partial charge on any atom is 0.405 e. The Labute approximate surface area is 284 Å². The molecule has 6 rings (SSSR count). The highest BCUT2D eigenvalue weighted by molar-refractivity contribution is 5.97. The van der Waals surface area contributed by atoms with Gasteiger partial charge in [-0.2, -0.15) is 13.2 Å². The van der Waals surface area contributed by atoms with Crippen LogP contribution in [-0.4, -0.2) is 64.8 Å². The van der Waals surface area contributed by atoms with Gasteiger partial charge in [0.05, 0.1) is 53.9 Å². The van der Waals surface area contributed by atoms with E-state index in [1.54, 1.807) is 6.07 Å². The number of carbonyl (C=O) groups is 2. The molecule has 0 bridgehead atoms. The maximum atomic E-state index is 15.1. The molecule has 1 saturated heterocycles. The number of halogens is 4. The van der Waals surface area contributed by atoms with Crippen LogP contribution in [0.15, 0.2) is 91.3 Å². The zero-order valence-electron chi connectivity index (χ0n) is 26.7. The number of hydrogen-bond acceptors (Lipinski definition) is 7. The zero-order chi connectivity index (χ0) is 35.3. The van der Waals surface area contributed by atoms with E-state index < -0.39 is 42.3 Å². The van der Waals surface area contributed by atoms with E-state index >= 15 is 4.39 Å². The number of fused-ring (bicyclic) bond motifs is 1. The number of nitrogens with one attached hydrogen (secondary N) is 4. The fourth-order valence-electron chi connectivity index (χ4n) is 6.02. The van der Waals surface area contributed by atoms with Gasteiger partial charge >= 0.3 is 6.18 Å². The van der Waals surface area contributed by atoms with Gasteiger partial charge in [-0.25, -0.2) is 9.37 Å². The molecule has 0 aliphatic carbocycles. The number of morpholine rings is 1. The molecule has 260 valence electrons. The minimum atomic E-state index is -4.52. The van der Waals surface area contributed by atoms with Crippen LogP contribution >= 0.6 is 0 Å². The first kappa shape index (κ1) is 34.7. The number of carbonyl (C=O) groups excluding carboxylic acids is 2. The first-order valence-corrected chi connectivity index (χ1v) is 16.0. The molecule has 0 spiro atoms. The van der Waals surface area contributed by atoms with Gasteiger partial charge in [-0.05, 0) is 42.2 Å². The highest BCUT2D eigenvalue weighted by Gasteiger charge is 2.30. The first-order chi connectivity index (χ1) is 24.1. The van der Waals surface area contributed by atoms with E-state index in [2.05, 4.69) is 25.6 Å². The monoisotopic (exact) mass is 689 g/mol. The van der Waals surface area contributed by atoms with Crippen molar-refractivity contribution in [2.24, 2.45) is 5.73 Å². The van der Waals surface area contributed by atoms with Gasteiger partial charge in [-0.15, -0.1) is 0 Å². The lowest BCUT2D eigenvalue weighted by Gasteiger charge is -2.29. The minimum Gasteiger partial charge on any atom is -0.375 e. The van der Waals surface area contributed by atoms with Crippen LogP contribution in [-0.2, 0) is 16.0 Å². The molecule has 1 fully saturated rings. The van der Waals surface area contributed by atoms with Crippen molar-refractivity contribution in [2.75, 3.05) is 25.0 Å². The Morgan fingerprint density at radius 1 is 1.00 bits per heavy atom. The second kappa shape index (κ2) is 15.2. The molecule has 6 N–H and O–H groups in total. The summed E-state index contributed by atoms with van der Waals surface area (Å²) in [5.74, 6) is -1.79. The van der Waals surface area contributed by atoms with Crippen molar-refractivity contribution in [1.29, 1.82) is 0 Å². The van der Waals surface area contributed by atoms with E-state index in [-0.39, 0.29) is 42.0 Å². The predicted octanol–water partition coefficient (Wildman–Crippen LogP) is 5.15. The molecule has 1 aliphatic rings. The van der Waals surface area contributed by atoms with E-state index in [9.17, 15) is 22.8 Å². The van der Waals surface area contributed by atoms with Crippen molar-refractivity contribution in [2.45, 2.75) is 43.1 Å². The van der Waals surface area contributed by atoms with Crippen molar-refractivity contribution >= 4 is 28.5 Å². The number of ether oxygens (including phenoxy) is 1. The van der Waals surface area contributed by atoms with Crippen LogP contribution in [0.25, 0.3) is 11.0 Å². The van der Waals surface area contributed by atoms with E-state index in [4.69, 9.17) is 10.5 Å². The summed E-state index contributed by atoms with van der Waals surface area (Å²) in [5.41, 5.74) is 9.93. The van der Waals surface area contributed by atoms with Crippen LogP contribution < -0.4 is 21.7 Å². The van der Waals surface area contributed by atoms with Crippen molar-refractivity contribution in [3.8, 4) is 0 Å². The van der Waals surface area contributed by atoms with Gasteiger partial charge in [0, 0.05) is 23.6 Å². The van der Waals surface area contributed by atoms with Crippen LogP contribution in [0.1, 0.15) is 51.3 Å². The lowest BCUT2D eigenvalue weighted by atomic mass is 9.85. The number of nitrogens with two attached hydrogens (primary N) is 1. The second-order valence-electron chi connectivity index (χ2n) is 12.1. The molecule has 3 aromatic carbocycles. The molecule has 10 nitrogen and oxygen atoms in total. The van der Waals surface area contributed by atoms with Crippen LogP contribution in [0.3, 0.4) is 0 Å². The molecule has 3 heterocycles. The number of anilines is 1. The van der Waals surface area contributed by atoms with Gasteiger partial charge in [-0.3, -0.25) is 14.6 Å². The predicted molar refractivity (Wildman–Crippen MR) is 179 cm³/mol. The number of H-pyrrole nitrogens is 1. The number of hydrogen-bond donors (Lipinski definition) is 5. The number of amides is 2. The van der Waals surface area contributed by atoms with E-state index in [1.807, 2.05) is 66.0 Å². The topological polar surface area (TPSA) is 147 Å². The smallest absolute Gasteiger partial charge is 0.375 e. The second-order valence-corrected chi connectivity index (χ2v) is 12.1. The van der Waals surface area contributed by atoms with Crippen LogP contribution in [0.2, 0.25) is 0 Å². The fraction of sp³-hybridized carbons (Fsp3) is 0.278. The molecule has 0 radical (unpaired) electrons. The van der Waals surface area contributed by atoms with E-state index in [0.717, 1.165) is 17.3 Å². The van der Waals surface area contributed by atoms with Gasteiger partial charge in [0.2, 0.25) is 5.91 Å². The fourth-order valence-corrected chi connectivity index (χ4v) is 6.02.